The Hall–Kier alpha value is -2.50. The van der Waals surface area contributed by atoms with Gasteiger partial charge in [0.25, 0.3) is 14.1 Å². The molecule has 6 atom stereocenters. The highest BCUT2D eigenvalue weighted by Gasteiger charge is 2.51. The number of nitrogens with one attached hydrogen (secondary N) is 1. The zero-order valence-electron chi connectivity index (χ0n) is 26.5. The Morgan fingerprint density at radius 3 is 2.35 bits per heavy atom. The van der Waals surface area contributed by atoms with Crippen LogP contribution in [0.2, 0.25) is 12.6 Å². The molecule has 3 aliphatic rings. The fourth-order valence-electron chi connectivity index (χ4n) is 6.69. The van der Waals surface area contributed by atoms with E-state index in [4.69, 9.17) is 22.8 Å². The molecule has 11 nitrogen and oxygen atoms in total. The van der Waals surface area contributed by atoms with Crippen molar-refractivity contribution < 1.29 is 27.4 Å². The molecule has 1 aromatic heterocycles. The predicted molar refractivity (Wildman–Crippen MR) is 180 cm³/mol. The predicted octanol–water partition coefficient (Wildman–Crippen LogP) is 4.50. The fourth-order valence-corrected chi connectivity index (χ4v) is 13.4. The number of nitrogens with zero attached hydrogens (tertiary/aromatic N) is 2. The molecule has 14 heteroatoms. The highest BCUT2D eigenvalue weighted by Crippen LogP contribution is 2.59. The Morgan fingerprint density at radius 2 is 1.72 bits per heavy atom. The molecule has 46 heavy (non-hydrogen) atoms. The van der Waals surface area contributed by atoms with Crippen LogP contribution < -0.4 is 21.6 Å². The van der Waals surface area contributed by atoms with E-state index in [2.05, 4.69) is 76.9 Å². The van der Waals surface area contributed by atoms with E-state index >= 15 is 0 Å². The first-order chi connectivity index (χ1) is 22.1. The maximum atomic E-state index is 12.9. The van der Waals surface area contributed by atoms with Gasteiger partial charge in [-0.3, -0.25) is 18.9 Å². The van der Waals surface area contributed by atoms with Gasteiger partial charge in [0, 0.05) is 50.8 Å². The quantitative estimate of drug-likeness (QED) is 0.230. The van der Waals surface area contributed by atoms with E-state index in [1.807, 2.05) is 0 Å². The van der Waals surface area contributed by atoms with E-state index in [-0.39, 0.29) is 12.1 Å². The minimum absolute atomic E-state index is 0.00975. The summed E-state index contributed by atoms with van der Waals surface area (Å²) in [7, 11) is -4.48. The molecule has 2 aromatic carbocycles. The normalized spacial score (nSPS) is 27.0. The van der Waals surface area contributed by atoms with Crippen LogP contribution in [-0.4, -0.2) is 67.4 Å². The summed E-state index contributed by atoms with van der Waals surface area (Å²) in [6, 6.07) is 22.7. The number of rotatable bonds is 11. The second-order valence-corrected chi connectivity index (χ2v) is 19.9. The molecule has 1 unspecified atom stereocenters. The van der Waals surface area contributed by atoms with Crippen LogP contribution >= 0.6 is 16.1 Å². The van der Waals surface area contributed by atoms with Crippen molar-refractivity contribution in [3.05, 3.63) is 105 Å². The highest BCUT2D eigenvalue weighted by atomic mass is 31.2. The van der Waals surface area contributed by atoms with Gasteiger partial charge in [0.15, 0.2) is 0 Å². The van der Waals surface area contributed by atoms with Gasteiger partial charge in [-0.05, 0) is 31.9 Å². The summed E-state index contributed by atoms with van der Waals surface area (Å²) in [5, 5.41) is 2.73. The summed E-state index contributed by atoms with van der Waals surface area (Å²) >= 11 is 0. The average molecular weight is 686 g/mol. The van der Waals surface area contributed by atoms with Crippen molar-refractivity contribution in [2.45, 2.75) is 69.4 Å². The van der Waals surface area contributed by atoms with E-state index in [9.17, 15) is 14.2 Å². The molecule has 0 bridgehead atoms. The second-order valence-electron chi connectivity index (χ2n) is 12.2. The summed E-state index contributed by atoms with van der Waals surface area (Å²) in [6.45, 7) is 4.93. The number of aromatic amines is 1. The average Bonchev–Trinajstić information content (AvgIpc) is 3.80. The van der Waals surface area contributed by atoms with Crippen molar-refractivity contribution in [2.24, 2.45) is 0 Å². The molecule has 0 saturated carbocycles. The number of aryl methyl sites for hydroxylation is 1. The Kier molecular flexibility index (Phi) is 10.1. The molecule has 4 heterocycles. The van der Waals surface area contributed by atoms with Crippen molar-refractivity contribution in [1.29, 1.82) is 0 Å². The van der Waals surface area contributed by atoms with Crippen LogP contribution in [0.15, 0.2) is 88.3 Å². The lowest BCUT2D eigenvalue weighted by molar-refractivity contribution is 0.00704. The molecule has 3 saturated heterocycles. The molecular weight excluding hydrogens is 644 g/mol. The van der Waals surface area contributed by atoms with Crippen molar-refractivity contribution in [3.63, 3.8) is 0 Å². The number of fused-ring (bicyclic) bond motifs is 1. The standard InChI is InChI=1S/C32H41N3O8P2Si/c1-23-21-34(32(37)33-31(23)36)30-20-28(27(41-30)17-19-45(38,39-2)40-3)42-44-35-18-11-16-26(35)29(43-44)22-46(4,24-12-7-5-8-13-24)25-14-9-6-10-15-25/h5-10,12-15,17,19,21,26-30H,11,16,18,20,22H2,1-4H3,(H,33,36,37)/b19-17+/t26-,27-,28?,29+,30-,44-/m1/s1. The van der Waals surface area contributed by atoms with Gasteiger partial charge in [-0.2, -0.15) is 0 Å². The SMILES string of the molecule is COP(=O)(/C=C/[C@H]1O[C@@H](n2cc(C)c(=O)[nH]c2=O)CC1O[P@]1O[C@@H](C[Si](C)(c2ccccc2)c2ccccc2)[C@H]2CCCN21)OC. The van der Waals surface area contributed by atoms with Crippen LogP contribution in [0.4, 0.5) is 0 Å². The lowest BCUT2D eigenvalue weighted by Crippen LogP contribution is -2.58. The maximum Gasteiger partial charge on any atom is 0.353 e. The molecular formula is C32H41N3O8P2Si. The first kappa shape index (κ1) is 33.4. The molecule has 0 aliphatic carbocycles. The lowest BCUT2D eigenvalue weighted by Gasteiger charge is -2.32. The largest absolute Gasteiger partial charge is 0.353 e. The molecule has 3 aromatic rings. The lowest BCUT2D eigenvalue weighted by atomic mass is 10.1. The first-order valence-corrected chi connectivity index (χ1v) is 21.0. The van der Waals surface area contributed by atoms with Crippen LogP contribution in [0.25, 0.3) is 0 Å². The summed E-state index contributed by atoms with van der Waals surface area (Å²) in [6.07, 6.45) is 3.58. The molecule has 3 fully saturated rings. The monoisotopic (exact) mass is 685 g/mol. The van der Waals surface area contributed by atoms with Gasteiger partial charge in [0.1, 0.15) is 20.4 Å². The van der Waals surface area contributed by atoms with Gasteiger partial charge in [0.05, 0.1) is 12.2 Å². The van der Waals surface area contributed by atoms with Crippen molar-refractivity contribution in [3.8, 4) is 0 Å². The summed E-state index contributed by atoms with van der Waals surface area (Å²) in [4.78, 5) is 27.2. The molecule has 6 rings (SSSR count). The number of benzene rings is 2. The summed E-state index contributed by atoms with van der Waals surface area (Å²) in [5.74, 6) is 1.36. The molecule has 0 spiro atoms. The van der Waals surface area contributed by atoms with Crippen LogP contribution in [0.5, 0.6) is 0 Å². The molecule has 1 N–H and O–H groups in total. The van der Waals surface area contributed by atoms with Gasteiger partial charge in [-0.15, -0.1) is 0 Å². The van der Waals surface area contributed by atoms with Crippen LogP contribution in [0.3, 0.4) is 0 Å². The first-order valence-electron chi connectivity index (χ1n) is 15.5. The Morgan fingerprint density at radius 1 is 1.07 bits per heavy atom. The van der Waals surface area contributed by atoms with Gasteiger partial charge in [-0.1, -0.05) is 77.6 Å². The van der Waals surface area contributed by atoms with E-state index in [0.717, 1.165) is 25.4 Å². The van der Waals surface area contributed by atoms with Crippen LogP contribution in [-0.2, 0) is 27.4 Å². The summed E-state index contributed by atoms with van der Waals surface area (Å²) in [5.41, 5.74) is -0.629. The minimum atomic E-state index is -3.49. The molecule has 3 aliphatic heterocycles. The van der Waals surface area contributed by atoms with Crippen molar-refractivity contribution in [2.75, 3.05) is 20.8 Å². The number of hydrogen-bond donors (Lipinski definition) is 1. The molecule has 0 amide bonds. The van der Waals surface area contributed by atoms with E-state index in [0.29, 0.717) is 12.0 Å². The third-order valence-electron chi connectivity index (χ3n) is 9.33. The maximum absolute atomic E-state index is 12.9. The number of H-pyrrole nitrogens is 1. The number of hydrogen-bond acceptors (Lipinski definition) is 9. The van der Waals surface area contributed by atoms with Gasteiger partial charge in [-0.25, -0.2) is 9.46 Å². The Labute approximate surface area is 271 Å². The smallest absolute Gasteiger partial charge is 0.348 e. The van der Waals surface area contributed by atoms with E-state index in [1.165, 1.54) is 41.2 Å². The van der Waals surface area contributed by atoms with Gasteiger partial charge >= 0.3 is 13.3 Å². The third kappa shape index (κ3) is 6.74. The third-order valence-corrected chi connectivity index (χ3v) is 17.1. The second kappa shape index (κ2) is 13.9. The Bertz CT molecular complexity index is 1660. The zero-order valence-corrected chi connectivity index (χ0v) is 29.3. The van der Waals surface area contributed by atoms with Crippen LogP contribution in [0.1, 0.15) is 31.1 Å². The summed E-state index contributed by atoms with van der Waals surface area (Å²) < 4.78 is 46.7. The van der Waals surface area contributed by atoms with Crippen molar-refractivity contribution >= 4 is 34.6 Å². The van der Waals surface area contributed by atoms with Gasteiger partial charge < -0.3 is 22.8 Å². The van der Waals surface area contributed by atoms with E-state index < -0.39 is 53.9 Å². The molecule has 246 valence electrons. The van der Waals surface area contributed by atoms with Crippen molar-refractivity contribution in [1.82, 2.24) is 14.2 Å². The highest BCUT2D eigenvalue weighted by molar-refractivity contribution is 7.57. The van der Waals surface area contributed by atoms with Crippen LogP contribution in [0, 0.1) is 6.92 Å². The Balaban J connectivity index is 1.27. The number of aromatic nitrogens is 2. The molecule has 0 radical (unpaired) electrons. The minimum Gasteiger partial charge on any atom is -0.348 e. The topological polar surface area (TPSA) is 121 Å². The number of ether oxygens (including phenoxy) is 1. The van der Waals surface area contributed by atoms with E-state index in [1.54, 1.807) is 13.0 Å². The zero-order chi connectivity index (χ0) is 32.5. The van der Waals surface area contributed by atoms with Gasteiger partial charge in [0.2, 0.25) is 0 Å². The fraction of sp³-hybridized carbons (Fsp3) is 0.438.